The highest BCUT2D eigenvalue weighted by Crippen LogP contribution is 2.44. The Bertz CT molecular complexity index is 376. The summed E-state index contributed by atoms with van der Waals surface area (Å²) in [5, 5.41) is 3.80. The second-order valence-electron chi connectivity index (χ2n) is 6.29. The summed E-state index contributed by atoms with van der Waals surface area (Å²) in [5.74, 6) is 3.71. The molecule has 1 heterocycles. The smallest absolute Gasteiger partial charge is 0.111 e. The number of hydrogen-bond donors (Lipinski definition) is 1. The van der Waals surface area contributed by atoms with Gasteiger partial charge >= 0.3 is 0 Å². The average molecular weight is 247 g/mol. The summed E-state index contributed by atoms with van der Waals surface area (Å²) in [5.41, 5.74) is 0. The van der Waals surface area contributed by atoms with Crippen LogP contribution in [0, 0.1) is 11.8 Å². The molecule has 3 heteroatoms. The van der Waals surface area contributed by atoms with Gasteiger partial charge in [0.15, 0.2) is 0 Å². The van der Waals surface area contributed by atoms with Crippen LogP contribution in [0.4, 0.5) is 0 Å². The molecule has 2 aliphatic carbocycles. The van der Waals surface area contributed by atoms with E-state index in [4.69, 9.17) is 0 Å². The molecule has 0 unspecified atom stereocenters. The summed E-state index contributed by atoms with van der Waals surface area (Å²) in [7, 11) is 0. The average Bonchev–Trinajstić information content (AvgIpc) is 3.24. The lowest BCUT2D eigenvalue weighted by Gasteiger charge is -2.18. The molecule has 2 saturated carbocycles. The minimum atomic E-state index is 0.516. The lowest BCUT2D eigenvalue weighted by Crippen LogP contribution is -2.35. The monoisotopic (exact) mass is 247 g/mol. The molecular weight excluding hydrogens is 222 g/mol. The van der Waals surface area contributed by atoms with E-state index in [1.807, 2.05) is 6.20 Å². The molecule has 0 atom stereocenters. The van der Waals surface area contributed by atoms with Crippen molar-refractivity contribution in [2.75, 3.05) is 6.54 Å². The second kappa shape index (κ2) is 5.04. The molecule has 0 bridgehead atoms. The van der Waals surface area contributed by atoms with Crippen LogP contribution in [0.5, 0.6) is 0 Å². The van der Waals surface area contributed by atoms with Gasteiger partial charge in [0.1, 0.15) is 5.82 Å². The molecule has 0 amide bonds. The first-order valence-corrected chi connectivity index (χ1v) is 7.50. The Hall–Kier alpha value is -0.830. The highest BCUT2D eigenvalue weighted by molar-refractivity contribution is 4.99. The van der Waals surface area contributed by atoms with E-state index in [1.54, 1.807) is 0 Å². The molecule has 1 N–H and O–H groups in total. The largest absolute Gasteiger partial charge is 0.333 e. The first-order chi connectivity index (χ1) is 8.75. The third kappa shape index (κ3) is 2.77. The van der Waals surface area contributed by atoms with Gasteiger partial charge in [-0.25, -0.2) is 4.98 Å². The van der Waals surface area contributed by atoms with Gasteiger partial charge in [0.2, 0.25) is 0 Å². The SMILES string of the molecule is CC(C)c1nccn1CCNC(C1CC1)C1CC1. The number of imidazole rings is 1. The molecule has 0 radical (unpaired) electrons. The highest BCUT2D eigenvalue weighted by atomic mass is 15.1. The van der Waals surface area contributed by atoms with Crippen LogP contribution >= 0.6 is 0 Å². The van der Waals surface area contributed by atoms with Crippen LogP contribution in [-0.4, -0.2) is 22.1 Å². The zero-order valence-corrected chi connectivity index (χ0v) is 11.6. The van der Waals surface area contributed by atoms with Gasteiger partial charge in [-0.2, -0.15) is 0 Å². The van der Waals surface area contributed by atoms with E-state index in [9.17, 15) is 0 Å². The number of aromatic nitrogens is 2. The van der Waals surface area contributed by atoms with Crippen LogP contribution in [0.3, 0.4) is 0 Å². The van der Waals surface area contributed by atoms with E-state index >= 15 is 0 Å². The maximum atomic E-state index is 4.44. The molecule has 0 saturated heterocycles. The van der Waals surface area contributed by atoms with Gasteiger partial charge < -0.3 is 9.88 Å². The predicted octanol–water partition coefficient (Wildman–Crippen LogP) is 2.78. The molecule has 3 rings (SSSR count). The lowest BCUT2D eigenvalue weighted by atomic mass is 10.1. The molecule has 2 fully saturated rings. The molecule has 3 nitrogen and oxygen atoms in total. The summed E-state index contributed by atoms with van der Waals surface area (Å²) in [6, 6.07) is 0.816. The van der Waals surface area contributed by atoms with Crippen molar-refractivity contribution in [1.29, 1.82) is 0 Å². The van der Waals surface area contributed by atoms with Crippen LogP contribution in [0.15, 0.2) is 12.4 Å². The van der Waals surface area contributed by atoms with Crippen LogP contribution in [0.25, 0.3) is 0 Å². The fourth-order valence-electron chi connectivity index (χ4n) is 2.99. The molecule has 1 aromatic rings. The Morgan fingerprint density at radius 1 is 1.28 bits per heavy atom. The molecule has 0 aliphatic heterocycles. The maximum Gasteiger partial charge on any atom is 0.111 e. The number of hydrogen-bond acceptors (Lipinski definition) is 2. The zero-order chi connectivity index (χ0) is 12.5. The van der Waals surface area contributed by atoms with E-state index in [-0.39, 0.29) is 0 Å². The Labute approximate surface area is 110 Å². The van der Waals surface area contributed by atoms with Crippen molar-refractivity contribution in [3.63, 3.8) is 0 Å². The molecule has 18 heavy (non-hydrogen) atoms. The van der Waals surface area contributed by atoms with Crippen molar-refractivity contribution in [2.45, 2.75) is 58.0 Å². The van der Waals surface area contributed by atoms with Crippen molar-refractivity contribution < 1.29 is 0 Å². The van der Waals surface area contributed by atoms with Crippen LogP contribution in [0.1, 0.15) is 51.3 Å². The van der Waals surface area contributed by atoms with Gasteiger partial charge in [-0.05, 0) is 37.5 Å². The Balaban J connectivity index is 1.49. The first kappa shape index (κ1) is 12.2. The maximum absolute atomic E-state index is 4.44. The van der Waals surface area contributed by atoms with Gasteiger partial charge in [-0.3, -0.25) is 0 Å². The van der Waals surface area contributed by atoms with E-state index in [1.165, 1.54) is 31.5 Å². The Kier molecular flexibility index (Phi) is 3.42. The molecule has 0 spiro atoms. The lowest BCUT2D eigenvalue weighted by molar-refractivity contribution is 0.404. The molecule has 0 aromatic carbocycles. The molecule has 1 aromatic heterocycles. The third-order valence-electron chi connectivity index (χ3n) is 4.26. The fourth-order valence-corrected chi connectivity index (χ4v) is 2.99. The first-order valence-electron chi connectivity index (χ1n) is 7.50. The Morgan fingerprint density at radius 3 is 2.50 bits per heavy atom. The van der Waals surface area contributed by atoms with E-state index in [0.717, 1.165) is 31.0 Å². The van der Waals surface area contributed by atoms with Gasteiger partial charge in [-0.15, -0.1) is 0 Å². The minimum absolute atomic E-state index is 0.516. The van der Waals surface area contributed by atoms with E-state index in [0.29, 0.717) is 5.92 Å². The van der Waals surface area contributed by atoms with Crippen molar-refractivity contribution in [3.8, 4) is 0 Å². The van der Waals surface area contributed by atoms with Crippen LogP contribution < -0.4 is 5.32 Å². The predicted molar refractivity (Wildman–Crippen MR) is 73.6 cm³/mol. The standard InChI is InChI=1S/C15H25N3/c1-11(2)15-17-8-10-18(15)9-7-16-14(12-3-4-12)13-5-6-13/h8,10-14,16H,3-7,9H2,1-2H3. The number of rotatable bonds is 7. The summed E-state index contributed by atoms with van der Waals surface area (Å²) in [6.45, 7) is 6.57. The van der Waals surface area contributed by atoms with Gasteiger partial charge in [0, 0.05) is 37.4 Å². The van der Waals surface area contributed by atoms with Gasteiger partial charge in [0.05, 0.1) is 0 Å². The van der Waals surface area contributed by atoms with Crippen molar-refractivity contribution in [1.82, 2.24) is 14.9 Å². The molecule has 2 aliphatic rings. The summed E-state index contributed by atoms with van der Waals surface area (Å²) < 4.78 is 2.30. The quantitative estimate of drug-likeness (QED) is 0.803. The van der Waals surface area contributed by atoms with Crippen molar-refractivity contribution in [3.05, 3.63) is 18.2 Å². The number of nitrogens with zero attached hydrogens (tertiary/aromatic N) is 2. The number of nitrogens with one attached hydrogen (secondary N) is 1. The Morgan fingerprint density at radius 2 is 1.94 bits per heavy atom. The normalized spacial score (nSPS) is 20.0. The topological polar surface area (TPSA) is 29.9 Å². The summed E-state index contributed by atoms with van der Waals surface area (Å²) in [4.78, 5) is 4.44. The zero-order valence-electron chi connectivity index (χ0n) is 11.6. The van der Waals surface area contributed by atoms with Gasteiger partial charge in [-0.1, -0.05) is 13.8 Å². The highest BCUT2D eigenvalue weighted by Gasteiger charge is 2.40. The fraction of sp³-hybridized carbons (Fsp3) is 0.800. The van der Waals surface area contributed by atoms with E-state index in [2.05, 4.69) is 34.9 Å². The summed E-state index contributed by atoms with van der Waals surface area (Å²) >= 11 is 0. The molecule has 100 valence electrons. The van der Waals surface area contributed by atoms with Crippen molar-refractivity contribution >= 4 is 0 Å². The molecular formula is C15H25N3. The van der Waals surface area contributed by atoms with E-state index < -0.39 is 0 Å². The summed E-state index contributed by atoms with van der Waals surface area (Å²) in [6.07, 6.45) is 9.86. The van der Waals surface area contributed by atoms with Crippen LogP contribution in [0.2, 0.25) is 0 Å². The third-order valence-corrected chi connectivity index (χ3v) is 4.26. The van der Waals surface area contributed by atoms with Crippen LogP contribution in [-0.2, 0) is 6.54 Å². The second-order valence-corrected chi connectivity index (χ2v) is 6.29. The minimum Gasteiger partial charge on any atom is -0.333 e. The van der Waals surface area contributed by atoms with Crippen molar-refractivity contribution in [2.24, 2.45) is 11.8 Å². The van der Waals surface area contributed by atoms with Gasteiger partial charge in [0.25, 0.3) is 0 Å².